The van der Waals surface area contributed by atoms with Crippen LogP contribution in [0.1, 0.15) is 37.6 Å². The number of pyridine rings is 2. The van der Waals surface area contributed by atoms with Crippen molar-refractivity contribution >= 4 is 32.7 Å². The van der Waals surface area contributed by atoms with E-state index in [4.69, 9.17) is 9.72 Å². The van der Waals surface area contributed by atoms with Crippen molar-refractivity contribution in [2.24, 2.45) is 5.92 Å². The number of anilines is 1. The van der Waals surface area contributed by atoms with Gasteiger partial charge in [0.1, 0.15) is 11.6 Å². The highest BCUT2D eigenvalue weighted by molar-refractivity contribution is 7.90. The van der Waals surface area contributed by atoms with Crippen molar-refractivity contribution in [3.63, 3.8) is 0 Å². The highest BCUT2D eigenvalue weighted by Crippen LogP contribution is 2.39. The molecule has 4 rings (SSSR count). The first-order valence-electron chi connectivity index (χ1n) is 10.6. The van der Waals surface area contributed by atoms with Crippen LogP contribution in [0.15, 0.2) is 52.3 Å². The number of H-pyrrole nitrogens is 1. The van der Waals surface area contributed by atoms with Crippen LogP contribution >= 0.6 is 0 Å². The van der Waals surface area contributed by atoms with Crippen LogP contribution in [0.5, 0.6) is 5.75 Å². The predicted molar refractivity (Wildman–Crippen MR) is 125 cm³/mol. The fourth-order valence-electron chi connectivity index (χ4n) is 4.10. The number of aromatic amines is 1. The molecule has 1 aliphatic heterocycles. The third kappa shape index (κ3) is 4.06. The van der Waals surface area contributed by atoms with Crippen molar-refractivity contribution in [2.45, 2.75) is 37.6 Å². The average Bonchev–Trinajstić information content (AvgIpc) is 3.04. The molecule has 1 aromatic carbocycles. The van der Waals surface area contributed by atoms with Gasteiger partial charge < -0.3 is 14.6 Å². The third-order valence-corrected chi connectivity index (χ3v) is 7.84. The van der Waals surface area contributed by atoms with Crippen LogP contribution in [0.25, 0.3) is 10.9 Å². The summed E-state index contributed by atoms with van der Waals surface area (Å²) < 4.78 is 32.9. The second-order valence-electron chi connectivity index (χ2n) is 8.71. The van der Waals surface area contributed by atoms with Gasteiger partial charge in [0, 0.05) is 23.7 Å². The first-order chi connectivity index (χ1) is 15.5. The lowest BCUT2D eigenvalue weighted by atomic mass is 9.90. The van der Waals surface area contributed by atoms with Crippen molar-refractivity contribution in [1.82, 2.24) is 14.7 Å². The van der Waals surface area contributed by atoms with Crippen LogP contribution in [-0.2, 0) is 10.0 Å². The Labute approximate surface area is 191 Å². The summed E-state index contributed by atoms with van der Waals surface area (Å²) in [5.41, 5.74) is -0.347. The van der Waals surface area contributed by atoms with Crippen molar-refractivity contribution in [2.75, 3.05) is 18.6 Å². The normalized spacial score (nSPS) is 17.8. The Morgan fingerprint density at radius 3 is 2.67 bits per heavy atom. The number of ether oxygens (including phenoxy) is 1. The van der Waals surface area contributed by atoms with Gasteiger partial charge in [-0.25, -0.2) is 18.1 Å². The van der Waals surface area contributed by atoms with Crippen LogP contribution in [0, 0.1) is 5.92 Å². The predicted octanol–water partition coefficient (Wildman–Crippen LogP) is 2.68. The van der Waals surface area contributed by atoms with Gasteiger partial charge >= 0.3 is 0 Å². The quantitative estimate of drug-likeness (QED) is 0.588. The molecule has 1 amide bonds. The monoisotopic (exact) mass is 470 g/mol. The van der Waals surface area contributed by atoms with Gasteiger partial charge in [0.2, 0.25) is 0 Å². The van der Waals surface area contributed by atoms with Gasteiger partial charge in [-0.2, -0.15) is 0 Å². The summed E-state index contributed by atoms with van der Waals surface area (Å²) in [6.45, 7) is 6.96. The summed E-state index contributed by atoms with van der Waals surface area (Å²) >= 11 is 0. The Kier molecular flexibility index (Phi) is 5.65. The van der Waals surface area contributed by atoms with Crippen LogP contribution in [0.2, 0.25) is 0 Å². The Balaban J connectivity index is 1.84. The molecular weight excluding hydrogens is 444 g/mol. The Morgan fingerprint density at radius 1 is 1.27 bits per heavy atom. The number of amides is 1. The summed E-state index contributed by atoms with van der Waals surface area (Å²) in [7, 11) is -2.86. The maximum atomic E-state index is 13.3. The lowest BCUT2D eigenvalue weighted by Crippen LogP contribution is -2.44. The summed E-state index contributed by atoms with van der Waals surface area (Å²) in [5.74, 6) is 0.466. The molecule has 1 saturated heterocycles. The molecule has 0 saturated carbocycles. The van der Waals surface area contributed by atoms with E-state index < -0.39 is 26.4 Å². The number of hydrogen-bond acceptors (Lipinski definition) is 7. The molecule has 0 bridgehead atoms. The number of aromatic nitrogens is 2. The molecule has 3 heterocycles. The Morgan fingerprint density at radius 2 is 2.03 bits per heavy atom. The minimum Gasteiger partial charge on any atom is -0.497 e. The molecule has 10 heteroatoms. The molecule has 1 aliphatic rings. The number of rotatable bonds is 5. The molecule has 0 spiro atoms. The van der Waals surface area contributed by atoms with E-state index in [-0.39, 0.29) is 11.1 Å². The average molecular weight is 471 g/mol. The van der Waals surface area contributed by atoms with Crippen molar-refractivity contribution < 1.29 is 17.9 Å². The molecule has 0 radical (unpaired) electrons. The third-order valence-electron chi connectivity index (χ3n) is 6.49. The number of nitrogens with zero attached hydrogens (tertiary/aromatic N) is 2. The molecule has 1 unspecified atom stereocenters. The topological polar surface area (TPSA) is 121 Å². The number of carbonyl (C=O) groups is 1. The molecule has 9 nitrogen and oxygen atoms in total. The molecule has 1 atom stereocenters. The van der Waals surface area contributed by atoms with Gasteiger partial charge in [-0.3, -0.25) is 9.59 Å². The van der Waals surface area contributed by atoms with Crippen LogP contribution < -0.4 is 19.9 Å². The number of hydrogen-bond donors (Lipinski definition) is 2. The smallest absolute Gasteiger partial charge is 0.269 e. The van der Waals surface area contributed by atoms with E-state index in [1.54, 1.807) is 24.3 Å². The number of benzene rings is 1. The highest BCUT2D eigenvalue weighted by Gasteiger charge is 2.41. The fourth-order valence-corrected chi connectivity index (χ4v) is 5.13. The van der Waals surface area contributed by atoms with Gasteiger partial charge in [0.05, 0.1) is 18.2 Å². The fraction of sp³-hybridized carbons (Fsp3) is 0.348. The van der Waals surface area contributed by atoms with Gasteiger partial charge in [0.15, 0.2) is 4.90 Å². The SMILES string of the molecule is COc1ccc2nc(N3CCC(C)C3(C)C)c(C(=O)NS(=O)(=O)c3ccc[nH]c3=O)cc2c1. The van der Waals surface area contributed by atoms with Gasteiger partial charge in [-0.15, -0.1) is 0 Å². The van der Waals surface area contributed by atoms with Crippen LogP contribution in [0.4, 0.5) is 5.82 Å². The standard InChI is InChI=1S/C23H26N4O5S/c1-14-9-11-27(23(14,2)3)20-17(13-15-12-16(32-4)7-8-18(15)25-20)21(28)26-33(30,31)19-6-5-10-24-22(19)29/h5-8,10,12-14H,9,11H2,1-4H3,(H,24,29)(H,26,28). The second kappa shape index (κ2) is 8.18. The van der Waals surface area contributed by atoms with Crippen LogP contribution in [-0.4, -0.2) is 43.5 Å². The zero-order valence-corrected chi connectivity index (χ0v) is 19.7. The number of carbonyl (C=O) groups excluding carboxylic acids is 1. The second-order valence-corrected chi connectivity index (χ2v) is 10.4. The Hall–Kier alpha value is -3.40. The van der Waals surface area contributed by atoms with Gasteiger partial charge in [-0.05, 0) is 62.6 Å². The summed E-state index contributed by atoms with van der Waals surface area (Å²) in [6, 6.07) is 9.44. The van der Waals surface area contributed by atoms with E-state index in [2.05, 4.69) is 25.8 Å². The lowest BCUT2D eigenvalue weighted by Gasteiger charge is -2.36. The lowest BCUT2D eigenvalue weighted by molar-refractivity contribution is 0.0981. The highest BCUT2D eigenvalue weighted by atomic mass is 32.2. The maximum absolute atomic E-state index is 13.3. The maximum Gasteiger partial charge on any atom is 0.269 e. The van der Waals surface area contributed by atoms with Gasteiger partial charge in [-0.1, -0.05) is 6.92 Å². The van der Waals surface area contributed by atoms with E-state index >= 15 is 0 Å². The van der Waals surface area contributed by atoms with E-state index in [0.717, 1.165) is 12.5 Å². The molecular formula is C23H26N4O5S. The molecule has 3 aromatic rings. The number of nitrogens with one attached hydrogen (secondary N) is 2. The minimum atomic E-state index is -4.40. The van der Waals surface area contributed by atoms with Gasteiger partial charge in [0.25, 0.3) is 21.5 Å². The zero-order valence-electron chi connectivity index (χ0n) is 18.9. The van der Waals surface area contributed by atoms with E-state index in [0.29, 0.717) is 34.9 Å². The molecule has 2 aromatic heterocycles. The van der Waals surface area contributed by atoms with Crippen molar-refractivity contribution in [3.8, 4) is 5.75 Å². The number of fused-ring (bicyclic) bond motifs is 1. The van der Waals surface area contributed by atoms with E-state index in [1.807, 2.05) is 9.62 Å². The van der Waals surface area contributed by atoms with E-state index in [9.17, 15) is 18.0 Å². The Bertz CT molecular complexity index is 1400. The van der Waals surface area contributed by atoms with Crippen molar-refractivity contribution in [1.29, 1.82) is 0 Å². The number of methoxy groups -OCH3 is 1. The summed E-state index contributed by atoms with van der Waals surface area (Å²) in [6.07, 6.45) is 2.23. The molecule has 0 aliphatic carbocycles. The molecule has 1 fully saturated rings. The molecule has 2 N–H and O–H groups in total. The largest absolute Gasteiger partial charge is 0.497 e. The van der Waals surface area contributed by atoms with Crippen molar-refractivity contribution in [3.05, 3.63) is 58.5 Å². The zero-order chi connectivity index (χ0) is 24.0. The first-order valence-corrected chi connectivity index (χ1v) is 12.0. The molecule has 174 valence electrons. The first kappa shape index (κ1) is 22.8. The van der Waals surface area contributed by atoms with E-state index in [1.165, 1.54) is 19.4 Å². The summed E-state index contributed by atoms with van der Waals surface area (Å²) in [5, 5.41) is 0.628. The number of sulfonamides is 1. The summed E-state index contributed by atoms with van der Waals surface area (Å²) in [4.78, 5) is 33.9. The van der Waals surface area contributed by atoms with Crippen LogP contribution in [0.3, 0.4) is 0 Å². The minimum absolute atomic E-state index is 0.105. The molecule has 33 heavy (non-hydrogen) atoms.